The number of amides is 1. The third-order valence-electron chi connectivity index (χ3n) is 4.67. The molecule has 0 atom stereocenters. The van der Waals surface area contributed by atoms with E-state index < -0.39 is 0 Å². The van der Waals surface area contributed by atoms with Gasteiger partial charge in [0.05, 0.1) is 6.54 Å². The van der Waals surface area contributed by atoms with E-state index in [9.17, 15) is 4.79 Å². The Labute approximate surface area is 146 Å². The molecule has 23 heavy (non-hydrogen) atoms. The Morgan fingerprint density at radius 1 is 1.00 bits per heavy atom. The molecule has 1 amide bonds. The van der Waals surface area contributed by atoms with Crippen LogP contribution in [0.3, 0.4) is 0 Å². The first-order valence-corrected chi connectivity index (χ1v) is 9.57. The first-order chi connectivity index (χ1) is 11.2. The van der Waals surface area contributed by atoms with Gasteiger partial charge in [-0.3, -0.25) is 14.6 Å². The van der Waals surface area contributed by atoms with E-state index >= 15 is 0 Å². The Bertz CT molecular complexity index is 510. The van der Waals surface area contributed by atoms with Gasteiger partial charge >= 0.3 is 0 Å². The first-order valence-electron chi connectivity index (χ1n) is 8.41. The molecule has 0 aromatic carbocycles. The fourth-order valence-electron chi connectivity index (χ4n) is 3.22. The van der Waals surface area contributed by atoms with Gasteiger partial charge < -0.3 is 4.90 Å². The number of likely N-dealkylation sites (tertiary alicyclic amines) is 1. The van der Waals surface area contributed by atoms with Crippen molar-refractivity contribution in [3.05, 3.63) is 10.0 Å². The molecule has 2 fully saturated rings. The van der Waals surface area contributed by atoms with Crippen LogP contribution in [0, 0.1) is 0 Å². The summed E-state index contributed by atoms with van der Waals surface area (Å²) >= 11 is 7.30. The molecule has 1 aromatic rings. The molecule has 8 heteroatoms. The highest BCUT2D eigenvalue weighted by molar-refractivity contribution is 7.10. The Morgan fingerprint density at radius 3 is 2.26 bits per heavy atom. The van der Waals surface area contributed by atoms with Crippen LogP contribution in [0.15, 0.2) is 0 Å². The molecule has 3 heterocycles. The molecule has 0 N–H and O–H groups in total. The predicted octanol–water partition coefficient (Wildman–Crippen LogP) is 1.71. The van der Waals surface area contributed by atoms with Crippen LogP contribution in [0.25, 0.3) is 0 Å². The first kappa shape index (κ1) is 17.1. The second-order valence-corrected chi connectivity index (χ2v) is 7.70. The maximum atomic E-state index is 12.4. The zero-order chi connectivity index (χ0) is 16.1. The van der Waals surface area contributed by atoms with Gasteiger partial charge in [0.2, 0.25) is 5.91 Å². The van der Waals surface area contributed by atoms with E-state index in [1.807, 2.05) is 0 Å². The summed E-state index contributed by atoms with van der Waals surface area (Å²) in [5.41, 5.74) is 0.866. The lowest BCUT2D eigenvalue weighted by molar-refractivity contribution is -0.132. The highest BCUT2D eigenvalue weighted by Gasteiger charge is 2.23. The second-order valence-electron chi connectivity index (χ2n) is 6.34. The van der Waals surface area contributed by atoms with Crippen molar-refractivity contribution in [1.29, 1.82) is 0 Å². The van der Waals surface area contributed by atoms with E-state index in [1.165, 1.54) is 24.4 Å². The van der Waals surface area contributed by atoms with Crippen molar-refractivity contribution in [2.24, 2.45) is 0 Å². The van der Waals surface area contributed by atoms with Gasteiger partial charge in [-0.25, -0.2) is 0 Å². The minimum atomic E-state index is 0.298. The summed E-state index contributed by atoms with van der Waals surface area (Å²) < 4.78 is 4.56. The van der Waals surface area contributed by atoms with Gasteiger partial charge in [-0.1, -0.05) is 28.9 Å². The van der Waals surface area contributed by atoms with E-state index in [0.29, 0.717) is 16.8 Å². The van der Waals surface area contributed by atoms with Crippen molar-refractivity contribution in [3.63, 3.8) is 0 Å². The molecule has 3 rings (SSSR count). The standard InChI is InChI=1S/C15H24ClN5OS/c16-15-13(17-18-23-15)11-19-7-9-20(10-8-19)12-14(22)21-5-3-1-2-4-6-21/h1-12H2. The van der Waals surface area contributed by atoms with Crippen LogP contribution in [0.4, 0.5) is 0 Å². The molecule has 0 aliphatic carbocycles. The van der Waals surface area contributed by atoms with Gasteiger partial charge in [0.15, 0.2) is 0 Å². The molecule has 0 unspecified atom stereocenters. The average molecular weight is 358 g/mol. The Balaban J connectivity index is 1.42. The molecule has 2 saturated heterocycles. The number of halogens is 1. The van der Waals surface area contributed by atoms with Crippen molar-refractivity contribution in [2.45, 2.75) is 32.2 Å². The molecule has 2 aliphatic heterocycles. The van der Waals surface area contributed by atoms with Crippen molar-refractivity contribution in [2.75, 3.05) is 45.8 Å². The van der Waals surface area contributed by atoms with Crippen LogP contribution in [0.5, 0.6) is 0 Å². The number of aromatic nitrogens is 2. The molecule has 6 nitrogen and oxygen atoms in total. The van der Waals surface area contributed by atoms with Crippen LogP contribution in [-0.2, 0) is 11.3 Å². The molecule has 2 aliphatic rings. The lowest BCUT2D eigenvalue weighted by atomic mass is 10.2. The van der Waals surface area contributed by atoms with Crippen LogP contribution >= 0.6 is 23.1 Å². The fraction of sp³-hybridized carbons (Fsp3) is 0.800. The van der Waals surface area contributed by atoms with Crippen LogP contribution < -0.4 is 0 Å². The largest absolute Gasteiger partial charge is 0.342 e. The number of rotatable bonds is 4. The monoisotopic (exact) mass is 357 g/mol. The third kappa shape index (κ3) is 4.86. The van der Waals surface area contributed by atoms with Crippen molar-refractivity contribution < 1.29 is 4.79 Å². The van der Waals surface area contributed by atoms with Gasteiger partial charge in [-0.15, -0.1) is 5.10 Å². The van der Waals surface area contributed by atoms with Crippen molar-refractivity contribution >= 4 is 29.0 Å². The lowest BCUT2D eigenvalue weighted by Gasteiger charge is -2.35. The van der Waals surface area contributed by atoms with E-state index in [1.54, 1.807) is 0 Å². The molecule has 0 spiro atoms. The summed E-state index contributed by atoms with van der Waals surface area (Å²) in [7, 11) is 0. The molecular formula is C15H24ClN5OS. The molecule has 1 aromatic heterocycles. The van der Waals surface area contributed by atoms with Gasteiger partial charge in [-0.2, -0.15) is 0 Å². The zero-order valence-corrected chi connectivity index (χ0v) is 15.0. The van der Waals surface area contributed by atoms with Crippen molar-refractivity contribution in [3.8, 4) is 0 Å². The topological polar surface area (TPSA) is 52.6 Å². The Kier molecular flexibility index (Phi) is 6.21. The quantitative estimate of drug-likeness (QED) is 0.821. The number of nitrogens with zero attached hydrogens (tertiary/aromatic N) is 5. The highest BCUT2D eigenvalue weighted by Crippen LogP contribution is 2.19. The maximum absolute atomic E-state index is 12.4. The minimum absolute atomic E-state index is 0.298. The minimum Gasteiger partial charge on any atom is -0.342 e. The van der Waals surface area contributed by atoms with Crippen molar-refractivity contribution in [1.82, 2.24) is 24.3 Å². The zero-order valence-electron chi connectivity index (χ0n) is 13.4. The SMILES string of the molecule is O=C(CN1CCN(Cc2nnsc2Cl)CC1)N1CCCCCC1. The second kappa shape index (κ2) is 8.37. The van der Waals surface area contributed by atoms with E-state index in [4.69, 9.17) is 11.6 Å². The summed E-state index contributed by atoms with van der Waals surface area (Å²) in [4.78, 5) is 19.1. The number of piperazine rings is 1. The summed E-state index contributed by atoms with van der Waals surface area (Å²) in [6.07, 6.45) is 4.83. The normalized spacial score (nSPS) is 21.3. The molecular weight excluding hydrogens is 334 g/mol. The Hall–Kier alpha value is -0.760. The summed E-state index contributed by atoms with van der Waals surface area (Å²) in [6.45, 7) is 6.93. The van der Waals surface area contributed by atoms with E-state index in [0.717, 1.165) is 64.3 Å². The molecule has 0 radical (unpaired) electrons. The number of hydrogen-bond donors (Lipinski definition) is 0. The van der Waals surface area contributed by atoms with Crippen LogP contribution in [-0.4, -0.2) is 76.0 Å². The van der Waals surface area contributed by atoms with Gasteiger partial charge in [0.25, 0.3) is 0 Å². The summed E-state index contributed by atoms with van der Waals surface area (Å²) in [6, 6.07) is 0. The van der Waals surface area contributed by atoms with Crippen LogP contribution in [0.1, 0.15) is 31.4 Å². The maximum Gasteiger partial charge on any atom is 0.236 e. The molecule has 128 valence electrons. The third-order valence-corrected chi connectivity index (χ3v) is 5.65. The molecule has 0 saturated carbocycles. The smallest absolute Gasteiger partial charge is 0.236 e. The number of hydrogen-bond acceptors (Lipinski definition) is 6. The number of carbonyl (C=O) groups excluding carboxylic acids is 1. The predicted molar refractivity (Wildman–Crippen MR) is 91.7 cm³/mol. The highest BCUT2D eigenvalue weighted by atomic mass is 35.5. The van der Waals surface area contributed by atoms with E-state index in [2.05, 4.69) is 24.3 Å². The number of carbonyl (C=O) groups is 1. The van der Waals surface area contributed by atoms with Gasteiger partial charge in [-0.05, 0) is 12.8 Å². The average Bonchev–Trinajstić information content (AvgIpc) is 2.80. The van der Waals surface area contributed by atoms with Crippen LogP contribution in [0.2, 0.25) is 4.34 Å². The Morgan fingerprint density at radius 2 is 1.65 bits per heavy atom. The summed E-state index contributed by atoms with van der Waals surface area (Å²) in [5.74, 6) is 0.298. The summed E-state index contributed by atoms with van der Waals surface area (Å²) in [5, 5.41) is 4.07. The fourth-order valence-corrected chi connectivity index (χ4v) is 3.83. The lowest BCUT2D eigenvalue weighted by Crippen LogP contribution is -2.49. The van der Waals surface area contributed by atoms with Gasteiger partial charge in [0, 0.05) is 57.3 Å². The van der Waals surface area contributed by atoms with E-state index in [-0.39, 0.29) is 0 Å². The van der Waals surface area contributed by atoms with Gasteiger partial charge in [0.1, 0.15) is 10.0 Å². The molecule has 0 bridgehead atoms.